The molecular formula is C17H32N2O. The van der Waals surface area contributed by atoms with E-state index < -0.39 is 0 Å². The van der Waals surface area contributed by atoms with Gasteiger partial charge in [0, 0.05) is 18.1 Å². The first-order valence-electron chi connectivity index (χ1n) is 8.80. The Morgan fingerprint density at radius 2 is 1.90 bits per heavy atom. The quantitative estimate of drug-likeness (QED) is 0.833. The number of nitrogens with zero attached hydrogens (tertiary/aromatic N) is 1. The van der Waals surface area contributed by atoms with Gasteiger partial charge in [-0.2, -0.15) is 0 Å². The van der Waals surface area contributed by atoms with Crippen LogP contribution in [0, 0.1) is 11.8 Å². The summed E-state index contributed by atoms with van der Waals surface area (Å²) in [5.41, 5.74) is -0.00761. The van der Waals surface area contributed by atoms with Crippen molar-refractivity contribution in [3.8, 4) is 0 Å². The molecular weight excluding hydrogens is 248 g/mol. The zero-order valence-corrected chi connectivity index (χ0v) is 13.1. The molecule has 1 saturated heterocycles. The molecule has 0 aromatic heterocycles. The number of fused-ring (bicyclic) bond motifs is 1. The number of likely N-dealkylation sites (tertiary alicyclic amines) is 1. The van der Waals surface area contributed by atoms with Gasteiger partial charge in [0.05, 0.1) is 6.61 Å². The summed E-state index contributed by atoms with van der Waals surface area (Å²) in [6.45, 7) is 2.93. The molecule has 0 radical (unpaired) electrons. The molecule has 0 amide bonds. The van der Waals surface area contributed by atoms with E-state index >= 15 is 0 Å². The van der Waals surface area contributed by atoms with E-state index in [4.69, 9.17) is 0 Å². The third kappa shape index (κ3) is 2.90. The molecule has 4 unspecified atom stereocenters. The first-order chi connectivity index (χ1) is 9.76. The van der Waals surface area contributed by atoms with E-state index in [0.717, 1.165) is 24.7 Å². The van der Waals surface area contributed by atoms with Crippen molar-refractivity contribution >= 4 is 0 Å². The second-order valence-corrected chi connectivity index (χ2v) is 7.53. The van der Waals surface area contributed by atoms with Gasteiger partial charge in [0.1, 0.15) is 0 Å². The van der Waals surface area contributed by atoms with Gasteiger partial charge in [0.15, 0.2) is 0 Å². The summed E-state index contributed by atoms with van der Waals surface area (Å²) in [5.74, 6) is 1.99. The Hall–Kier alpha value is -0.120. The van der Waals surface area contributed by atoms with E-state index in [2.05, 4.69) is 10.2 Å². The lowest BCUT2D eigenvalue weighted by atomic mass is 9.73. The lowest BCUT2D eigenvalue weighted by Crippen LogP contribution is -2.56. The molecule has 3 heteroatoms. The van der Waals surface area contributed by atoms with E-state index in [1.54, 1.807) is 0 Å². The second kappa shape index (κ2) is 6.33. The Bertz CT molecular complexity index is 316. The smallest absolute Gasteiger partial charge is 0.0613 e. The molecule has 116 valence electrons. The molecule has 3 fully saturated rings. The van der Waals surface area contributed by atoms with Crippen molar-refractivity contribution in [3.05, 3.63) is 0 Å². The first kappa shape index (κ1) is 14.8. The minimum absolute atomic E-state index is 0.00761. The Morgan fingerprint density at radius 3 is 2.65 bits per heavy atom. The van der Waals surface area contributed by atoms with Gasteiger partial charge in [0.2, 0.25) is 0 Å². The van der Waals surface area contributed by atoms with Gasteiger partial charge in [-0.3, -0.25) is 0 Å². The van der Waals surface area contributed by atoms with Crippen LogP contribution in [0.4, 0.5) is 0 Å². The SMILES string of the molecule is CNC1(CO)CCCC(N2CCC3CCCCC3C2)C1. The number of piperidine rings is 1. The third-order valence-corrected chi connectivity index (χ3v) is 6.49. The van der Waals surface area contributed by atoms with Crippen molar-refractivity contribution in [2.45, 2.75) is 69.4 Å². The van der Waals surface area contributed by atoms with Crippen molar-refractivity contribution in [2.75, 3.05) is 26.7 Å². The molecule has 2 N–H and O–H groups in total. The van der Waals surface area contributed by atoms with E-state index in [0.29, 0.717) is 12.6 Å². The van der Waals surface area contributed by atoms with Gasteiger partial charge in [-0.1, -0.05) is 19.3 Å². The molecule has 0 aromatic rings. The molecule has 3 nitrogen and oxygen atoms in total. The zero-order chi connectivity index (χ0) is 14.0. The van der Waals surface area contributed by atoms with Gasteiger partial charge in [-0.25, -0.2) is 0 Å². The molecule has 0 bridgehead atoms. The highest BCUT2D eigenvalue weighted by Crippen LogP contribution is 2.39. The van der Waals surface area contributed by atoms with Gasteiger partial charge in [0.25, 0.3) is 0 Å². The zero-order valence-electron chi connectivity index (χ0n) is 13.1. The van der Waals surface area contributed by atoms with Gasteiger partial charge < -0.3 is 15.3 Å². The molecule has 1 heterocycles. The van der Waals surface area contributed by atoms with Crippen LogP contribution in [0.2, 0.25) is 0 Å². The van der Waals surface area contributed by atoms with Crippen LogP contribution >= 0.6 is 0 Å². The summed E-state index contributed by atoms with van der Waals surface area (Å²) in [6, 6.07) is 0.700. The van der Waals surface area contributed by atoms with Crippen LogP contribution in [-0.2, 0) is 0 Å². The highest BCUT2D eigenvalue weighted by molar-refractivity contribution is 4.97. The molecule has 0 spiro atoms. The van der Waals surface area contributed by atoms with Crippen LogP contribution in [0.1, 0.15) is 57.8 Å². The molecule has 4 atom stereocenters. The Morgan fingerprint density at radius 1 is 1.10 bits per heavy atom. The number of aliphatic hydroxyl groups is 1. The van der Waals surface area contributed by atoms with Crippen LogP contribution in [0.25, 0.3) is 0 Å². The van der Waals surface area contributed by atoms with E-state index in [1.807, 2.05) is 7.05 Å². The fraction of sp³-hybridized carbons (Fsp3) is 1.00. The number of likely N-dealkylation sites (N-methyl/N-ethyl adjacent to an activating group) is 1. The fourth-order valence-electron chi connectivity index (χ4n) is 5.05. The Kier molecular flexibility index (Phi) is 4.68. The van der Waals surface area contributed by atoms with Crippen LogP contribution in [0.15, 0.2) is 0 Å². The van der Waals surface area contributed by atoms with Crippen molar-refractivity contribution in [1.29, 1.82) is 0 Å². The summed E-state index contributed by atoms with van der Waals surface area (Å²) in [6.07, 6.45) is 12.2. The lowest BCUT2D eigenvalue weighted by Gasteiger charge is -2.49. The summed E-state index contributed by atoms with van der Waals surface area (Å²) >= 11 is 0. The predicted molar refractivity (Wildman–Crippen MR) is 82.8 cm³/mol. The maximum atomic E-state index is 9.76. The fourth-order valence-corrected chi connectivity index (χ4v) is 5.05. The van der Waals surface area contributed by atoms with Crippen molar-refractivity contribution < 1.29 is 5.11 Å². The highest BCUT2D eigenvalue weighted by Gasteiger charge is 2.39. The van der Waals surface area contributed by atoms with Crippen LogP contribution in [0.5, 0.6) is 0 Å². The second-order valence-electron chi connectivity index (χ2n) is 7.53. The third-order valence-electron chi connectivity index (χ3n) is 6.49. The average molecular weight is 280 g/mol. The number of aliphatic hydroxyl groups excluding tert-OH is 1. The minimum Gasteiger partial charge on any atom is -0.394 e. The number of hydrogen-bond acceptors (Lipinski definition) is 3. The molecule has 3 aliphatic rings. The van der Waals surface area contributed by atoms with Crippen molar-refractivity contribution in [3.63, 3.8) is 0 Å². The van der Waals surface area contributed by atoms with E-state index in [9.17, 15) is 5.11 Å². The van der Waals surface area contributed by atoms with Gasteiger partial charge in [-0.05, 0) is 64.0 Å². The highest BCUT2D eigenvalue weighted by atomic mass is 16.3. The number of hydrogen-bond donors (Lipinski definition) is 2. The molecule has 3 rings (SSSR count). The number of nitrogens with one attached hydrogen (secondary N) is 1. The monoisotopic (exact) mass is 280 g/mol. The summed E-state index contributed by atoms with van der Waals surface area (Å²) in [5, 5.41) is 13.2. The maximum Gasteiger partial charge on any atom is 0.0613 e. The average Bonchev–Trinajstić information content (AvgIpc) is 2.54. The molecule has 2 saturated carbocycles. The van der Waals surface area contributed by atoms with Crippen molar-refractivity contribution in [1.82, 2.24) is 10.2 Å². The van der Waals surface area contributed by atoms with Crippen LogP contribution in [-0.4, -0.2) is 48.3 Å². The molecule has 1 aliphatic heterocycles. The Labute approximate surface area is 124 Å². The maximum absolute atomic E-state index is 9.76. The molecule has 2 aliphatic carbocycles. The van der Waals surface area contributed by atoms with E-state index in [1.165, 1.54) is 58.0 Å². The van der Waals surface area contributed by atoms with Crippen LogP contribution in [0.3, 0.4) is 0 Å². The topological polar surface area (TPSA) is 35.5 Å². The normalized spacial score (nSPS) is 43.2. The van der Waals surface area contributed by atoms with Crippen molar-refractivity contribution in [2.24, 2.45) is 11.8 Å². The largest absolute Gasteiger partial charge is 0.394 e. The van der Waals surface area contributed by atoms with Gasteiger partial charge in [-0.15, -0.1) is 0 Å². The number of rotatable bonds is 3. The van der Waals surface area contributed by atoms with Gasteiger partial charge >= 0.3 is 0 Å². The lowest BCUT2D eigenvalue weighted by molar-refractivity contribution is 0.0144. The predicted octanol–water partition coefficient (Wildman–Crippen LogP) is 2.39. The summed E-state index contributed by atoms with van der Waals surface area (Å²) in [4.78, 5) is 2.77. The molecule has 20 heavy (non-hydrogen) atoms. The summed E-state index contributed by atoms with van der Waals surface area (Å²) < 4.78 is 0. The first-order valence-corrected chi connectivity index (χ1v) is 8.80. The molecule has 0 aromatic carbocycles. The van der Waals surface area contributed by atoms with E-state index in [-0.39, 0.29) is 5.54 Å². The standard InChI is InChI=1S/C17H32N2O/c1-18-17(13-20)9-4-7-16(11-17)19-10-8-14-5-2-3-6-15(14)12-19/h14-16,18,20H,2-13H2,1H3. The summed E-state index contributed by atoms with van der Waals surface area (Å²) in [7, 11) is 2.02. The minimum atomic E-state index is -0.00761. The van der Waals surface area contributed by atoms with Crippen LogP contribution < -0.4 is 5.32 Å². The Balaban J connectivity index is 1.61.